The topological polar surface area (TPSA) is 266 Å². The largest absolute Gasteiger partial charge is 0.469 e. The number of methoxy groups -OCH3 is 1. The van der Waals surface area contributed by atoms with Crippen LogP contribution in [0, 0.1) is 5.92 Å². The third-order valence-corrected chi connectivity index (χ3v) is 9.25. The maximum absolute atomic E-state index is 12.9. The lowest BCUT2D eigenvalue weighted by atomic mass is 10.0. The van der Waals surface area contributed by atoms with Crippen LogP contribution in [0.5, 0.6) is 0 Å². The number of esters is 1. The number of benzene rings is 1. The van der Waals surface area contributed by atoms with E-state index in [1.165, 1.54) is 7.11 Å². The maximum atomic E-state index is 12.9. The van der Waals surface area contributed by atoms with Gasteiger partial charge in [-0.15, -0.1) is 0 Å². The number of hydrogen-bond acceptors (Lipinski definition) is 16. The number of rotatable bonds is 43. The Morgan fingerprint density at radius 2 is 0.970 bits per heavy atom. The van der Waals surface area contributed by atoms with Crippen LogP contribution in [-0.4, -0.2) is 179 Å². The molecule has 5 amide bonds. The Kier molecular flexibility index (Phi) is 37.0. The van der Waals surface area contributed by atoms with E-state index < -0.39 is 29.9 Å². The minimum Gasteiger partial charge on any atom is -0.469 e. The number of aliphatic hydroxyl groups excluding tert-OH is 1. The molecule has 378 valence electrons. The molecule has 21 nitrogen and oxygen atoms in total. The van der Waals surface area contributed by atoms with Gasteiger partial charge in [0, 0.05) is 38.0 Å². The molecule has 0 radical (unpaired) electrons. The number of nitrogens with one attached hydrogen (secondary N) is 5. The molecular weight excluding hydrogens is 867 g/mol. The third kappa shape index (κ3) is 34.1. The summed E-state index contributed by atoms with van der Waals surface area (Å²) >= 11 is 0. The second-order valence-electron chi connectivity index (χ2n) is 15.1. The molecular formula is C45H77N5O16. The van der Waals surface area contributed by atoms with E-state index in [4.69, 9.17) is 37.9 Å². The van der Waals surface area contributed by atoms with Gasteiger partial charge in [0.1, 0.15) is 12.1 Å². The van der Waals surface area contributed by atoms with E-state index in [1.54, 1.807) is 45.0 Å². The van der Waals surface area contributed by atoms with E-state index in [0.29, 0.717) is 130 Å². The van der Waals surface area contributed by atoms with E-state index >= 15 is 0 Å². The minimum absolute atomic E-state index is 0.0411. The molecule has 0 saturated heterocycles. The van der Waals surface area contributed by atoms with Crippen molar-refractivity contribution in [2.24, 2.45) is 5.92 Å². The molecule has 66 heavy (non-hydrogen) atoms. The molecule has 2 unspecified atom stereocenters. The summed E-state index contributed by atoms with van der Waals surface area (Å²) in [6, 6.07) is 5.02. The van der Waals surface area contributed by atoms with E-state index in [2.05, 4.69) is 31.3 Å². The first-order valence-corrected chi connectivity index (χ1v) is 22.8. The van der Waals surface area contributed by atoms with Gasteiger partial charge >= 0.3 is 5.97 Å². The van der Waals surface area contributed by atoms with Gasteiger partial charge in [-0.2, -0.15) is 0 Å². The predicted molar refractivity (Wildman–Crippen MR) is 242 cm³/mol. The molecule has 2 atom stereocenters. The van der Waals surface area contributed by atoms with Crippen LogP contribution in [0.4, 0.5) is 5.69 Å². The Labute approximate surface area is 389 Å². The number of ether oxygens (including phenoxy) is 9. The van der Waals surface area contributed by atoms with Crippen LogP contribution >= 0.6 is 0 Å². The molecule has 0 aliphatic rings. The summed E-state index contributed by atoms with van der Waals surface area (Å²) in [6.07, 6.45) is 2.92. The zero-order chi connectivity index (χ0) is 48.5. The van der Waals surface area contributed by atoms with Crippen LogP contribution in [0.25, 0.3) is 0 Å². The summed E-state index contributed by atoms with van der Waals surface area (Å²) < 4.78 is 48.4. The van der Waals surface area contributed by atoms with Crippen molar-refractivity contribution in [3.05, 3.63) is 29.8 Å². The van der Waals surface area contributed by atoms with Crippen LogP contribution < -0.4 is 26.6 Å². The molecule has 0 fully saturated rings. The minimum atomic E-state index is -0.848. The molecule has 0 aromatic heterocycles. The lowest BCUT2D eigenvalue weighted by Gasteiger charge is -2.24. The molecule has 6 N–H and O–H groups in total. The monoisotopic (exact) mass is 944 g/mol. The molecule has 0 saturated carbocycles. The first kappa shape index (κ1) is 59.7. The highest BCUT2D eigenvalue weighted by molar-refractivity contribution is 5.98. The molecule has 0 bridgehead atoms. The third-order valence-electron chi connectivity index (χ3n) is 9.25. The molecule has 1 aromatic carbocycles. The number of anilines is 1. The van der Waals surface area contributed by atoms with Gasteiger partial charge in [-0.25, -0.2) is 0 Å². The van der Waals surface area contributed by atoms with Crippen molar-refractivity contribution >= 4 is 41.2 Å². The fourth-order valence-electron chi connectivity index (χ4n) is 5.47. The molecule has 0 spiro atoms. The summed E-state index contributed by atoms with van der Waals surface area (Å²) in [6.45, 7) is 12.2. The Morgan fingerprint density at radius 1 is 0.500 bits per heavy atom. The second kappa shape index (κ2) is 40.9. The SMILES string of the molecule is COC(=O)CCC(=O)NCCCCCC(=O)NCCOCCOCCOCCOCCOCCOCCOCCOCCC(=O)NC(C(=O)NC(C)C(=O)Nc1ccc(CO)cc1)C(C)C. The smallest absolute Gasteiger partial charge is 0.306 e. The summed E-state index contributed by atoms with van der Waals surface area (Å²) in [5.41, 5.74) is 1.24. The van der Waals surface area contributed by atoms with Crippen molar-refractivity contribution in [3.63, 3.8) is 0 Å². The molecule has 1 rings (SSSR count). The zero-order valence-corrected chi connectivity index (χ0v) is 39.5. The number of unbranched alkanes of at least 4 members (excludes halogenated alkanes) is 2. The van der Waals surface area contributed by atoms with E-state index in [9.17, 15) is 33.9 Å². The van der Waals surface area contributed by atoms with Gasteiger partial charge in [0.25, 0.3) is 0 Å². The zero-order valence-electron chi connectivity index (χ0n) is 39.5. The van der Waals surface area contributed by atoms with Gasteiger partial charge < -0.3 is 74.3 Å². The summed E-state index contributed by atoms with van der Waals surface area (Å²) in [7, 11) is 1.29. The fourth-order valence-corrected chi connectivity index (χ4v) is 5.47. The first-order chi connectivity index (χ1) is 32.0. The predicted octanol–water partition coefficient (Wildman–Crippen LogP) is 1.03. The van der Waals surface area contributed by atoms with Crippen molar-refractivity contribution < 1.29 is 76.5 Å². The lowest BCUT2D eigenvalue weighted by Crippen LogP contribution is -2.53. The first-order valence-electron chi connectivity index (χ1n) is 22.8. The molecule has 0 aliphatic heterocycles. The fraction of sp³-hybridized carbons (Fsp3) is 0.733. The van der Waals surface area contributed by atoms with Gasteiger partial charge in [0.05, 0.1) is 126 Å². The number of aliphatic hydroxyl groups is 1. The Balaban J connectivity index is 1.84. The Bertz CT molecular complexity index is 1460. The van der Waals surface area contributed by atoms with E-state index in [0.717, 1.165) is 19.3 Å². The second-order valence-corrected chi connectivity index (χ2v) is 15.1. The van der Waals surface area contributed by atoms with Crippen molar-refractivity contribution in [2.75, 3.05) is 131 Å². The van der Waals surface area contributed by atoms with Gasteiger partial charge in [-0.05, 0) is 43.4 Å². The normalized spacial score (nSPS) is 12.0. The number of hydrogen-bond donors (Lipinski definition) is 6. The Hall–Kier alpha value is -4.32. The standard InChI is InChI=1S/C45H77N5O16/c1-35(2)43(45(57)48-36(3)44(56)49-38-11-9-37(34-51)10-12-38)50-41(54)15-18-59-20-22-61-24-26-63-28-30-65-32-33-66-31-29-64-27-25-62-23-21-60-19-17-47-39(52)8-6-5-7-16-46-40(53)13-14-42(55)58-4/h9-12,35-36,43,51H,5-8,13-34H2,1-4H3,(H,46,53)(H,47,52)(H,48,57)(H,49,56)(H,50,54). The van der Waals surface area contributed by atoms with E-state index in [1.807, 2.05) is 0 Å². The highest BCUT2D eigenvalue weighted by Crippen LogP contribution is 2.10. The maximum Gasteiger partial charge on any atom is 0.306 e. The highest BCUT2D eigenvalue weighted by Gasteiger charge is 2.27. The molecule has 1 aromatic rings. The van der Waals surface area contributed by atoms with Crippen LogP contribution in [0.15, 0.2) is 24.3 Å². The van der Waals surface area contributed by atoms with Crippen molar-refractivity contribution in [2.45, 2.75) is 84.4 Å². The average Bonchev–Trinajstić information content (AvgIpc) is 3.30. The molecule has 0 aliphatic carbocycles. The Morgan fingerprint density at radius 3 is 1.45 bits per heavy atom. The molecule has 0 heterocycles. The van der Waals surface area contributed by atoms with Crippen molar-refractivity contribution in [1.29, 1.82) is 0 Å². The number of carbonyl (C=O) groups is 6. The van der Waals surface area contributed by atoms with Crippen LogP contribution in [0.1, 0.15) is 71.3 Å². The summed E-state index contributed by atoms with van der Waals surface area (Å²) in [5, 5.41) is 22.8. The number of carbonyl (C=O) groups excluding carboxylic acids is 6. The van der Waals surface area contributed by atoms with Crippen LogP contribution in [-0.2, 0) is 78.0 Å². The lowest BCUT2D eigenvalue weighted by molar-refractivity contribution is -0.142. The van der Waals surface area contributed by atoms with Crippen molar-refractivity contribution in [1.82, 2.24) is 21.3 Å². The quantitative estimate of drug-likeness (QED) is 0.0395. The average molecular weight is 944 g/mol. The van der Waals surface area contributed by atoms with Gasteiger partial charge in [0.15, 0.2) is 0 Å². The van der Waals surface area contributed by atoms with Gasteiger partial charge in [-0.3, -0.25) is 28.8 Å². The summed E-state index contributed by atoms with van der Waals surface area (Å²) in [4.78, 5) is 72.6. The van der Waals surface area contributed by atoms with Gasteiger partial charge in [0.2, 0.25) is 29.5 Å². The summed E-state index contributed by atoms with van der Waals surface area (Å²) in [5.74, 6) is -2.09. The van der Waals surface area contributed by atoms with Crippen LogP contribution in [0.2, 0.25) is 0 Å². The van der Waals surface area contributed by atoms with Crippen molar-refractivity contribution in [3.8, 4) is 0 Å². The van der Waals surface area contributed by atoms with Gasteiger partial charge in [-0.1, -0.05) is 32.4 Å². The molecule has 21 heteroatoms. The number of amides is 5. The van der Waals surface area contributed by atoms with Crippen LogP contribution in [0.3, 0.4) is 0 Å². The van der Waals surface area contributed by atoms with E-state index in [-0.39, 0.29) is 56.1 Å². The highest BCUT2D eigenvalue weighted by atomic mass is 16.6.